The van der Waals surface area contributed by atoms with Gasteiger partial charge in [0.2, 0.25) is 0 Å². The molecule has 21 heavy (non-hydrogen) atoms. The van der Waals surface area contributed by atoms with Gasteiger partial charge in [0, 0.05) is 24.0 Å². The molecule has 0 bridgehead atoms. The Labute approximate surface area is 129 Å². The van der Waals surface area contributed by atoms with Crippen LogP contribution in [0.15, 0.2) is 23.7 Å². The Balaban J connectivity index is 1.87. The first-order valence-corrected chi connectivity index (χ1v) is 7.94. The van der Waals surface area contributed by atoms with Crippen molar-refractivity contribution in [3.05, 3.63) is 51.2 Å². The molecule has 0 aliphatic carbocycles. The Kier molecular flexibility index (Phi) is 5.45. The monoisotopic (exact) mass is 307 g/mol. The van der Waals surface area contributed by atoms with Crippen molar-refractivity contribution in [3.63, 3.8) is 0 Å². The third-order valence-corrected chi connectivity index (χ3v) is 4.62. The van der Waals surface area contributed by atoms with Crippen molar-refractivity contribution in [2.24, 2.45) is 5.73 Å². The first-order chi connectivity index (χ1) is 9.97. The molecular formula is C16H22FN3S. The van der Waals surface area contributed by atoms with Gasteiger partial charge in [-0.2, -0.15) is 0 Å². The summed E-state index contributed by atoms with van der Waals surface area (Å²) in [5.74, 6) is -0.184. The van der Waals surface area contributed by atoms with Gasteiger partial charge in [0.05, 0.1) is 11.2 Å². The van der Waals surface area contributed by atoms with Crippen LogP contribution in [0.2, 0.25) is 0 Å². The second-order valence-corrected chi connectivity index (χ2v) is 6.44. The van der Waals surface area contributed by atoms with Crippen LogP contribution in [0.4, 0.5) is 4.39 Å². The average molecular weight is 307 g/mol. The van der Waals surface area contributed by atoms with Crippen molar-refractivity contribution in [2.45, 2.75) is 32.9 Å². The van der Waals surface area contributed by atoms with Crippen molar-refractivity contribution in [1.82, 2.24) is 9.88 Å². The van der Waals surface area contributed by atoms with Gasteiger partial charge >= 0.3 is 0 Å². The predicted octanol–water partition coefficient (Wildman–Crippen LogP) is 3.42. The summed E-state index contributed by atoms with van der Waals surface area (Å²) in [7, 11) is 2.07. The maximum absolute atomic E-state index is 13.6. The zero-order valence-corrected chi connectivity index (χ0v) is 13.6. The fourth-order valence-electron chi connectivity index (χ4n) is 2.17. The summed E-state index contributed by atoms with van der Waals surface area (Å²) in [6, 6.07) is 5.11. The lowest BCUT2D eigenvalue weighted by Crippen LogP contribution is -2.23. The van der Waals surface area contributed by atoms with Gasteiger partial charge in [0.25, 0.3) is 0 Å². The van der Waals surface area contributed by atoms with Crippen LogP contribution in [0.3, 0.4) is 0 Å². The van der Waals surface area contributed by atoms with Crippen LogP contribution < -0.4 is 5.73 Å². The molecule has 2 rings (SSSR count). The molecular weight excluding hydrogens is 285 g/mol. The van der Waals surface area contributed by atoms with Crippen LogP contribution in [0.5, 0.6) is 0 Å². The van der Waals surface area contributed by atoms with Crippen LogP contribution in [-0.2, 0) is 6.54 Å². The quantitative estimate of drug-likeness (QED) is 0.889. The first-order valence-electron chi connectivity index (χ1n) is 7.06. The molecule has 1 aromatic heterocycles. The molecule has 1 unspecified atom stereocenters. The SMILES string of the molecule is Cc1ccc(C(N)CCN(C)Cc2scnc2C)cc1F. The van der Waals surface area contributed by atoms with Crippen LogP contribution >= 0.6 is 11.3 Å². The molecule has 114 valence electrons. The zero-order chi connectivity index (χ0) is 15.4. The number of nitrogens with two attached hydrogens (primary N) is 1. The van der Waals surface area contributed by atoms with Crippen molar-refractivity contribution in [2.75, 3.05) is 13.6 Å². The minimum absolute atomic E-state index is 0.134. The lowest BCUT2D eigenvalue weighted by molar-refractivity contribution is 0.313. The van der Waals surface area contributed by atoms with E-state index in [0.717, 1.165) is 30.8 Å². The number of benzene rings is 1. The third-order valence-electron chi connectivity index (χ3n) is 3.70. The smallest absolute Gasteiger partial charge is 0.126 e. The molecule has 0 fully saturated rings. The fourth-order valence-corrected chi connectivity index (χ4v) is 3.02. The molecule has 1 heterocycles. The van der Waals surface area contributed by atoms with E-state index in [9.17, 15) is 4.39 Å². The van der Waals surface area contributed by atoms with Gasteiger partial charge in [-0.3, -0.25) is 0 Å². The number of aryl methyl sites for hydroxylation is 2. The van der Waals surface area contributed by atoms with Crippen molar-refractivity contribution in [1.29, 1.82) is 0 Å². The topological polar surface area (TPSA) is 42.1 Å². The molecule has 1 atom stereocenters. The minimum Gasteiger partial charge on any atom is -0.324 e. The van der Waals surface area contributed by atoms with Crippen molar-refractivity contribution < 1.29 is 4.39 Å². The molecule has 2 N–H and O–H groups in total. The lowest BCUT2D eigenvalue weighted by atomic mass is 10.0. The summed E-state index contributed by atoms with van der Waals surface area (Å²) >= 11 is 1.68. The van der Waals surface area contributed by atoms with Gasteiger partial charge in [-0.15, -0.1) is 11.3 Å². The maximum Gasteiger partial charge on any atom is 0.126 e. The molecule has 0 saturated carbocycles. The molecule has 5 heteroatoms. The average Bonchev–Trinajstić information content (AvgIpc) is 2.84. The number of halogens is 1. The van der Waals surface area contributed by atoms with Crippen LogP contribution in [-0.4, -0.2) is 23.5 Å². The summed E-state index contributed by atoms with van der Waals surface area (Å²) in [5.41, 5.74) is 10.6. The summed E-state index contributed by atoms with van der Waals surface area (Å²) in [6.45, 7) is 5.54. The Hall–Kier alpha value is -1.30. The zero-order valence-electron chi connectivity index (χ0n) is 12.8. The number of hydrogen-bond donors (Lipinski definition) is 1. The summed E-state index contributed by atoms with van der Waals surface area (Å²) in [4.78, 5) is 7.77. The Morgan fingerprint density at radius 1 is 1.38 bits per heavy atom. The third kappa shape index (κ3) is 4.33. The fraction of sp³-hybridized carbons (Fsp3) is 0.438. The van der Waals surface area contributed by atoms with E-state index in [4.69, 9.17) is 5.73 Å². The van der Waals surface area contributed by atoms with E-state index < -0.39 is 0 Å². The maximum atomic E-state index is 13.6. The highest BCUT2D eigenvalue weighted by atomic mass is 32.1. The molecule has 1 aromatic carbocycles. The van der Waals surface area contributed by atoms with Gasteiger partial charge in [-0.05, 0) is 44.5 Å². The second-order valence-electron chi connectivity index (χ2n) is 5.50. The molecule has 0 spiro atoms. The van der Waals surface area contributed by atoms with Gasteiger partial charge in [0.15, 0.2) is 0 Å². The van der Waals surface area contributed by atoms with Crippen molar-refractivity contribution in [3.8, 4) is 0 Å². The standard InChI is InChI=1S/C16H22FN3S/c1-11-4-5-13(8-14(11)17)15(18)6-7-20(3)9-16-12(2)19-10-21-16/h4-5,8,10,15H,6-7,9,18H2,1-3H3. The summed E-state index contributed by atoms with van der Waals surface area (Å²) in [6.07, 6.45) is 0.802. The van der Waals surface area contributed by atoms with Gasteiger partial charge in [0.1, 0.15) is 5.82 Å². The van der Waals surface area contributed by atoms with Crippen molar-refractivity contribution >= 4 is 11.3 Å². The van der Waals surface area contributed by atoms with Crippen LogP contribution in [0.25, 0.3) is 0 Å². The highest BCUT2D eigenvalue weighted by Crippen LogP contribution is 2.19. The van der Waals surface area contributed by atoms with E-state index >= 15 is 0 Å². The van der Waals surface area contributed by atoms with E-state index in [0.29, 0.717) is 5.56 Å². The van der Waals surface area contributed by atoms with Gasteiger partial charge in [-0.25, -0.2) is 9.37 Å². The number of rotatable bonds is 6. The Morgan fingerprint density at radius 3 is 2.76 bits per heavy atom. The molecule has 0 radical (unpaired) electrons. The van der Waals surface area contributed by atoms with E-state index in [-0.39, 0.29) is 11.9 Å². The highest BCUT2D eigenvalue weighted by molar-refractivity contribution is 7.09. The summed E-state index contributed by atoms with van der Waals surface area (Å²) < 4.78 is 13.6. The summed E-state index contributed by atoms with van der Waals surface area (Å²) in [5, 5.41) is 0. The highest BCUT2D eigenvalue weighted by Gasteiger charge is 2.11. The van der Waals surface area contributed by atoms with Crippen LogP contribution in [0.1, 0.15) is 34.2 Å². The largest absolute Gasteiger partial charge is 0.324 e. The second kappa shape index (κ2) is 7.11. The Morgan fingerprint density at radius 2 is 2.14 bits per heavy atom. The predicted molar refractivity (Wildman–Crippen MR) is 85.9 cm³/mol. The Bertz CT molecular complexity index is 597. The first kappa shape index (κ1) is 16.1. The lowest BCUT2D eigenvalue weighted by Gasteiger charge is -2.19. The van der Waals surface area contributed by atoms with E-state index in [1.807, 2.05) is 18.5 Å². The molecule has 3 nitrogen and oxygen atoms in total. The number of nitrogens with zero attached hydrogens (tertiary/aromatic N) is 2. The molecule has 0 aliphatic heterocycles. The number of thiazole rings is 1. The number of aromatic nitrogens is 1. The van der Waals surface area contributed by atoms with E-state index in [1.54, 1.807) is 30.4 Å². The molecule has 0 aliphatic rings. The molecule has 0 saturated heterocycles. The van der Waals surface area contributed by atoms with E-state index in [2.05, 4.69) is 16.9 Å². The number of hydrogen-bond acceptors (Lipinski definition) is 4. The molecule has 2 aromatic rings. The molecule has 0 amide bonds. The van der Waals surface area contributed by atoms with Crippen LogP contribution in [0, 0.1) is 19.7 Å². The van der Waals surface area contributed by atoms with E-state index in [1.165, 1.54) is 4.88 Å². The minimum atomic E-state index is -0.184. The van der Waals surface area contributed by atoms with Gasteiger partial charge < -0.3 is 10.6 Å². The normalized spacial score (nSPS) is 12.9. The van der Waals surface area contributed by atoms with Gasteiger partial charge in [-0.1, -0.05) is 12.1 Å².